The number of hydrogen-bond donors (Lipinski definition) is 0. The molecule has 1 aliphatic carbocycles. The zero-order valence-electron chi connectivity index (χ0n) is 32.1. The van der Waals surface area contributed by atoms with Crippen LogP contribution in [-0.2, 0) is 51.2 Å². The summed E-state index contributed by atoms with van der Waals surface area (Å²) in [7, 11) is -1.69. The molecule has 59 heavy (non-hydrogen) atoms. The van der Waals surface area contributed by atoms with Gasteiger partial charge in [0.1, 0.15) is 48.2 Å². The van der Waals surface area contributed by atoms with Crippen LogP contribution in [0.4, 0.5) is 0 Å². The molecule has 10 rings (SSSR count). The predicted octanol–water partition coefficient (Wildman–Crippen LogP) is 11.4. The van der Waals surface area contributed by atoms with Crippen LogP contribution in [0.2, 0.25) is 0 Å². The Hall–Kier alpha value is -4.98. The van der Waals surface area contributed by atoms with Gasteiger partial charge in [-0.3, -0.25) is 11.8 Å². The van der Waals surface area contributed by atoms with Crippen LogP contribution in [-0.4, -0.2) is 5.90 Å². The molecule has 0 amide bonds. The van der Waals surface area contributed by atoms with Gasteiger partial charge in [-0.15, -0.1) is 23.3 Å². The maximum absolute atomic E-state index is 7.30. The average Bonchev–Trinajstić information content (AvgIpc) is 3.87. The average molecular weight is 1160 g/mol. The van der Waals surface area contributed by atoms with Crippen molar-refractivity contribution in [2.75, 3.05) is 5.90 Å². The second-order valence-electron chi connectivity index (χ2n) is 13.8. The molecular weight excluding hydrogens is 1120 g/mol. The molecule has 0 aliphatic heterocycles. The van der Waals surface area contributed by atoms with Crippen LogP contribution < -0.4 is 21.2 Å². The van der Waals surface area contributed by atoms with Crippen molar-refractivity contribution in [1.29, 1.82) is 0 Å². The molecule has 292 valence electrons. The van der Waals surface area contributed by atoms with Crippen molar-refractivity contribution in [3.63, 3.8) is 0 Å². The molecule has 0 atom stereocenters. The Morgan fingerprint density at radius 3 is 1.39 bits per heavy atom. The fourth-order valence-corrected chi connectivity index (χ4v) is 15.4. The van der Waals surface area contributed by atoms with Gasteiger partial charge in [0.15, 0.2) is 5.90 Å². The largest absolute Gasteiger partial charge is 1.00 e. The Kier molecular flexibility index (Phi) is 15.8. The molecule has 1 heterocycles. The SMILES string of the molecule is [Au+].[Au+].[C-]#Cc1cccc2c1-c1ccccc1C2.[C-]#Cc1cccc2oc3ccccc3c12.c1ccc([PH+](C[PH+](c2ccccc2)c2ccccc2)c2ccccc2)cc1. The number of para-hydroxylation sites is 1. The van der Waals surface area contributed by atoms with Crippen LogP contribution in [0.25, 0.3) is 33.1 Å². The van der Waals surface area contributed by atoms with Crippen LogP contribution in [0, 0.1) is 24.7 Å². The molecule has 0 unspecified atom stereocenters. The first-order valence-electron chi connectivity index (χ1n) is 19.1. The fraction of sp³-hybridized carbons (Fsp3) is 0.0370. The van der Waals surface area contributed by atoms with Crippen molar-refractivity contribution in [2.24, 2.45) is 0 Å². The van der Waals surface area contributed by atoms with Gasteiger partial charge >= 0.3 is 44.8 Å². The van der Waals surface area contributed by atoms with Crippen LogP contribution in [0.3, 0.4) is 0 Å². The summed E-state index contributed by atoms with van der Waals surface area (Å²) in [6, 6.07) is 72.5. The molecule has 1 nitrogen and oxygen atoms in total. The van der Waals surface area contributed by atoms with Gasteiger partial charge in [-0.1, -0.05) is 145 Å². The van der Waals surface area contributed by atoms with Crippen molar-refractivity contribution in [3.05, 3.63) is 241 Å². The Morgan fingerprint density at radius 1 is 0.424 bits per heavy atom. The molecule has 0 bridgehead atoms. The second kappa shape index (κ2) is 21.3. The first-order valence-corrected chi connectivity index (χ1v) is 22.5. The van der Waals surface area contributed by atoms with E-state index in [0.29, 0.717) is 0 Å². The Labute approximate surface area is 381 Å². The first-order chi connectivity index (χ1) is 28.2. The Balaban J connectivity index is 0.000000156. The summed E-state index contributed by atoms with van der Waals surface area (Å²) in [6.07, 6.45) is 15.5. The summed E-state index contributed by atoms with van der Waals surface area (Å²) in [5.74, 6) is 6.20. The maximum Gasteiger partial charge on any atom is 1.00 e. The molecule has 1 aromatic heterocycles. The topological polar surface area (TPSA) is 13.1 Å². The summed E-state index contributed by atoms with van der Waals surface area (Å²) in [5, 5.41) is 8.03. The summed E-state index contributed by atoms with van der Waals surface area (Å²) in [6.45, 7) is 0. The monoisotopic (exact) mass is 1160 g/mol. The van der Waals surface area contributed by atoms with Crippen LogP contribution in [0.1, 0.15) is 22.3 Å². The van der Waals surface area contributed by atoms with E-state index in [1.165, 1.54) is 49.4 Å². The van der Waals surface area contributed by atoms with Gasteiger partial charge in [-0.05, 0) is 83.6 Å². The number of fused-ring (bicyclic) bond motifs is 6. The maximum atomic E-state index is 7.30. The van der Waals surface area contributed by atoms with Crippen molar-refractivity contribution < 1.29 is 49.2 Å². The summed E-state index contributed by atoms with van der Waals surface area (Å²) in [5.41, 5.74) is 8.48. The summed E-state index contributed by atoms with van der Waals surface area (Å²) in [4.78, 5) is 0. The predicted molar refractivity (Wildman–Crippen MR) is 247 cm³/mol. The van der Waals surface area contributed by atoms with Crippen LogP contribution in [0.15, 0.2) is 211 Å². The van der Waals surface area contributed by atoms with Gasteiger partial charge in [-0.2, -0.15) is 0 Å². The van der Waals surface area contributed by atoms with E-state index in [4.69, 9.17) is 17.3 Å². The molecule has 1 aliphatic rings. The normalized spacial score (nSPS) is 10.7. The molecule has 8 aromatic carbocycles. The van der Waals surface area contributed by atoms with Gasteiger partial charge in [0, 0.05) is 5.39 Å². The minimum absolute atomic E-state index is 0. The quantitative estimate of drug-likeness (QED) is 0.0700. The molecule has 0 spiro atoms. The molecule has 0 radical (unpaired) electrons. The van der Waals surface area contributed by atoms with E-state index in [1.54, 1.807) is 0 Å². The van der Waals surface area contributed by atoms with Crippen molar-refractivity contribution in [2.45, 2.75) is 6.42 Å². The molecule has 0 saturated heterocycles. The number of hydrogen-bond acceptors (Lipinski definition) is 1. The number of benzene rings is 8. The van der Waals surface area contributed by atoms with Crippen molar-refractivity contribution in [3.8, 4) is 23.0 Å². The third kappa shape index (κ3) is 10.1. The molecule has 0 fully saturated rings. The minimum atomic E-state index is -0.847. The summed E-state index contributed by atoms with van der Waals surface area (Å²) < 4.78 is 5.67. The second-order valence-corrected chi connectivity index (χ2v) is 19.4. The van der Waals surface area contributed by atoms with Gasteiger partial charge in [-0.25, -0.2) is 0 Å². The molecule has 0 N–H and O–H groups in total. The zero-order valence-corrected chi connectivity index (χ0v) is 38.4. The van der Waals surface area contributed by atoms with Gasteiger partial charge in [0.05, 0.1) is 0 Å². The van der Waals surface area contributed by atoms with Gasteiger partial charge in [0.2, 0.25) is 0 Å². The van der Waals surface area contributed by atoms with Gasteiger partial charge < -0.3 is 17.3 Å². The summed E-state index contributed by atoms with van der Waals surface area (Å²) >= 11 is 0. The number of rotatable bonds is 6. The minimum Gasteiger partial charge on any atom is -0.458 e. The van der Waals surface area contributed by atoms with E-state index >= 15 is 0 Å². The van der Waals surface area contributed by atoms with E-state index in [0.717, 1.165) is 39.5 Å². The number of furan rings is 1. The van der Waals surface area contributed by atoms with E-state index in [1.807, 2.05) is 54.6 Å². The van der Waals surface area contributed by atoms with Crippen molar-refractivity contribution in [1.82, 2.24) is 0 Å². The first kappa shape index (κ1) is 43.6. The third-order valence-corrected chi connectivity index (χ3v) is 17.3. The fourth-order valence-electron chi connectivity index (χ4n) is 7.65. The smallest absolute Gasteiger partial charge is 0.458 e. The van der Waals surface area contributed by atoms with E-state index in [9.17, 15) is 0 Å². The van der Waals surface area contributed by atoms with E-state index in [2.05, 4.69) is 164 Å². The van der Waals surface area contributed by atoms with Crippen LogP contribution in [0.5, 0.6) is 0 Å². The molecule has 9 aromatic rings. The van der Waals surface area contributed by atoms with Crippen LogP contribution >= 0.6 is 15.8 Å². The van der Waals surface area contributed by atoms with Crippen molar-refractivity contribution >= 4 is 59.0 Å². The molecular formula is C54H40Au2OP2+2. The van der Waals surface area contributed by atoms with E-state index < -0.39 is 15.8 Å². The van der Waals surface area contributed by atoms with E-state index in [-0.39, 0.29) is 44.8 Å². The molecule has 5 heteroatoms. The third-order valence-electron chi connectivity index (χ3n) is 10.3. The Bertz CT molecular complexity index is 2670. The van der Waals surface area contributed by atoms with Gasteiger partial charge in [0.25, 0.3) is 0 Å². The zero-order chi connectivity index (χ0) is 38.8. The Morgan fingerprint density at radius 2 is 0.847 bits per heavy atom. The molecule has 0 saturated carbocycles. The standard InChI is InChI=1S/C25H22P2.C15H9.C14H7O.2Au/c1-5-13-22(14-6-1)26(23-15-7-2-8-16-23)21-27(24-17-9-3-10-18-24)25-19-11-4-12-20-25;1-2-11-7-5-8-13-10-12-6-3-4-9-14(12)15(11)13;1-2-10-6-5-9-13-14(10)11-7-3-4-8-12(11)15-13;;/h1-20H,21H2;3-9H,10H2;3-9H;;/q;2*-1;2*+1/p+2.